The molecule has 1 aromatic heterocycles. The van der Waals surface area contributed by atoms with Gasteiger partial charge in [-0.05, 0) is 29.5 Å². The maximum Gasteiger partial charge on any atom is 0.250 e. The van der Waals surface area contributed by atoms with E-state index < -0.39 is 0 Å². The van der Waals surface area contributed by atoms with E-state index in [1.807, 2.05) is 6.92 Å². The fraction of sp³-hybridized carbons (Fsp3) is 0.333. The second-order valence-corrected chi connectivity index (χ2v) is 3.82. The zero-order chi connectivity index (χ0) is 14.4. The molecule has 0 aliphatic heterocycles. The highest BCUT2D eigenvalue weighted by atomic mass is 16.5. The Morgan fingerprint density at radius 1 is 1.45 bits per heavy atom. The number of methoxy groups -OCH3 is 1. The average molecular weight is 277 g/mol. The molecule has 1 aromatic carbocycles. The van der Waals surface area contributed by atoms with Crippen molar-refractivity contribution in [3.63, 3.8) is 0 Å². The number of rotatable bonds is 6. The number of ether oxygens (including phenoxy) is 2. The molecule has 0 aliphatic rings. The largest absolute Gasteiger partial charge is 0.494 e. The number of aromatic nitrogens is 4. The van der Waals surface area contributed by atoms with E-state index in [2.05, 4.69) is 20.8 Å². The summed E-state index contributed by atoms with van der Waals surface area (Å²) in [5.74, 6) is 0.281. The van der Waals surface area contributed by atoms with Crippen LogP contribution >= 0.6 is 0 Å². The molecule has 0 fully saturated rings. The number of benzene rings is 1. The van der Waals surface area contributed by atoms with Crippen LogP contribution in [-0.4, -0.2) is 46.4 Å². The minimum absolute atomic E-state index is 0.00834. The molecule has 1 amide bonds. The topological polar surface area (TPSA) is 91.2 Å². The highest BCUT2D eigenvalue weighted by Gasteiger charge is 2.09. The third kappa shape index (κ3) is 3.29. The second-order valence-electron chi connectivity index (χ2n) is 3.82. The fourth-order valence-electron chi connectivity index (χ4n) is 1.59. The summed E-state index contributed by atoms with van der Waals surface area (Å²) in [6.45, 7) is 2.33. The Labute approximate surface area is 115 Å². The Balaban J connectivity index is 2.16. The zero-order valence-corrected chi connectivity index (χ0v) is 11.2. The van der Waals surface area contributed by atoms with E-state index in [1.165, 1.54) is 18.1 Å². The van der Waals surface area contributed by atoms with Gasteiger partial charge >= 0.3 is 0 Å². The summed E-state index contributed by atoms with van der Waals surface area (Å²) in [5.41, 5.74) is 1.30. The first kappa shape index (κ1) is 13.9. The van der Waals surface area contributed by atoms with Crippen LogP contribution in [0, 0.1) is 0 Å². The summed E-state index contributed by atoms with van der Waals surface area (Å²) in [6.07, 6.45) is 1.47. The van der Waals surface area contributed by atoms with E-state index in [9.17, 15) is 4.79 Å². The van der Waals surface area contributed by atoms with Crippen molar-refractivity contribution in [2.24, 2.45) is 0 Å². The number of nitrogens with one attached hydrogen (secondary N) is 1. The molecular formula is C12H15N5O3. The lowest BCUT2D eigenvalue weighted by Gasteiger charge is -2.11. The molecule has 0 saturated carbocycles. The molecule has 0 saturated heterocycles. The van der Waals surface area contributed by atoms with Crippen LogP contribution < -0.4 is 10.1 Å². The number of amides is 1. The summed E-state index contributed by atoms with van der Waals surface area (Å²) >= 11 is 0. The number of hydrogen-bond acceptors (Lipinski definition) is 6. The maximum absolute atomic E-state index is 11.6. The number of tetrazole rings is 1. The zero-order valence-electron chi connectivity index (χ0n) is 11.2. The molecule has 20 heavy (non-hydrogen) atoms. The van der Waals surface area contributed by atoms with Gasteiger partial charge in [-0.25, -0.2) is 4.68 Å². The lowest BCUT2D eigenvalue weighted by Crippen LogP contribution is -2.18. The lowest BCUT2D eigenvalue weighted by atomic mass is 10.2. The van der Waals surface area contributed by atoms with E-state index in [-0.39, 0.29) is 12.5 Å². The van der Waals surface area contributed by atoms with Crippen LogP contribution in [-0.2, 0) is 9.53 Å². The minimum Gasteiger partial charge on any atom is -0.494 e. The van der Waals surface area contributed by atoms with Gasteiger partial charge in [0.1, 0.15) is 18.7 Å². The molecule has 2 rings (SSSR count). The Morgan fingerprint density at radius 3 is 2.95 bits per heavy atom. The molecule has 2 aromatic rings. The van der Waals surface area contributed by atoms with Crippen molar-refractivity contribution in [2.45, 2.75) is 6.92 Å². The summed E-state index contributed by atoms with van der Waals surface area (Å²) in [5, 5.41) is 13.6. The van der Waals surface area contributed by atoms with Gasteiger partial charge in [0.25, 0.3) is 0 Å². The molecule has 0 bridgehead atoms. The van der Waals surface area contributed by atoms with Gasteiger partial charge in [0.2, 0.25) is 5.91 Å². The van der Waals surface area contributed by atoms with Gasteiger partial charge < -0.3 is 14.8 Å². The van der Waals surface area contributed by atoms with Crippen molar-refractivity contribution in [2.75, 3.05) is 25.6 Å². The van der Waals surface area contributed by atoms with Crippen LogP contribution in [0.15, 0.2) is 24.5 Å². The second kappa shape index (κ2) is 6.62. The first-order chi connectivity index (χ1) is 9.74. The molecule has 106 valence electrons. The van der Waals surface area contributed by atoms with Crippen LogP contribution in [0.1, 0.15) is 6.92 Å². The molecule has 0 spiro atoms. The van der Waals surface area contributed by atoms with Crippen LogP contribution in [0.25, 0.3) is 5.69 Å². The van der Waals surface area contributed by atoms with E-state index in [4.69, 9.17) is 9.47 Å². The number of carbonyl (C=O) groups is 1. The van der Waals surface area contributed by atoms with Gasteiger partial charge in [0.05, 0.1) is 18.5 Å². The van der Waals surface area contributed by atoms with E-state index in [0.29, 0.717) is 18.0 Å². The molecule has 0 unspecified atom stereocenters. The first-order valence-corrected chi connectivity index (χ1v) is 6.03. The molecule has 8 nitrogen and oxygen atoms in total. The van der Waals surface area contributed by atoms with Gasteiger partial charge in [0, 0.05) is 12.7 Å². The Morgan fingerprint density at radius 2 is 2.30 bits per heavy atom. The Bertz CT molecular complexity index is 570. The average Bonchev–Trinajstić information content (AvgIpc) is 2.99. The summed E-state index contributed by atoms with van der Waals surface area (Å²) < 4.78 is 11.8. The van der Waals surface area contributed by atoms with Crippen LogP contribution in [0.3, 0.4) is 0 Å². The summed E-state index contributed by atoms with van der Waals surface area (Å²) in [7, 11) is 1.52. The Hall–Kier alpha value is -2.48. The molecule has 8 heteroatoms. The highest BCUT2D eigenvalue weighted by Crippen LogP contribution is 2.26. The first-order valence-electron chi connectivity index (χ1n) is 6.03. The smallest absolute Gasteiger partial charge is 0.250 e. The maximum atomic E-state index is 11.6. The van der Waals surface area contributed by atoms with Crippen molar-refractivity contribution in [1.29, 1.82) is 0 Å². The minimum atomic E-state index is -0.236. The summed E-state index contributed by atoms with van der Waals surface area (Å²) in [4.78, 5) is 11.6. The predicted molar refractivity (Wildman–Crippen MR) is 70.8 cm³/mol. The van der Waals surface area contributed by atoms with Crippen LogP contribution in [0.4, 0.5) is 5.69 Å². The van der Waals surface area contributed by atoms with E-state index in [1.54, 1.807) is 18.2 Å². The number of hydrogen-bond donors (Lipinski definition) is 1. The molecule has 0 aliphatic carbocycles. The number of carbonyl (C=O) groups excluding carboxylic acids is 1. The number of nitrogens with zero attached hydrogens (tertiary/aromatic N) is 4. The fourth-order valence-corrected chi connectivity index (χ4v) is 1.59. The van der Waals surface area contributed by atoms with Gasteiger partial charge in [0.15, 0.2) is 0 Å². The quantitative estimate of drug-likeness (QED) is 0.833. The molecule has 0 atom stereocenters. The van der Waals surface area contributed by atoms with Crippen molar-refractivity contribution in [3.8, 4) is 11.4 Å². The SMILES string of the molecule is CCOCC(=O)Nc1ccc(-n2cnnn2)cc1OC. The van der Waals surface area contributed by atoms with Gasteiger partial charge in [-0.15, -0.1) is 5.10 Å². The van der Waals surface area contributed by atoms with E-state index in [0.717, 1.165) is 5.69 Å². The van der Waals surface area contributed by atoms with Gasteiger partial charge in [-0.2, -0.15) is 0 Å². The molecule has 1 heterocycles. The van der Waals surface area contributed by atoms with Gasteiger partial charge in [-0.1, -0.05) is 0 Å². The molecular weight excluding hydrogens is 262 g/mol. The third-order valence-corrected chi connectivity index (χ3v) is 2.51. The third-order valence-electron chi connectivity index (χ3n) is 2.51. The normalized spacial score (nSPS) is 10.3. The monoisotopic (exact) mass is 277 g/mol. The standard InChI is InChI=1S/C12H15N5O3/c1-3-20-7-12(18)14-10-5-4-9(6-11(10)19-2)17-8-13-15-16-17/h4-6,8H,3,7H2,1-2H3,(H,14,18). The van der Waals surface area contributed by atoms with Crippen molar-refractivity contribution < 1.29 is 14.3 Å². The Kier molecular flexibility index (Phi) is 4.61. The van der Waals surface area contributed by atoms with Gasteiger partial charge in [-0.3, -0.25) is 4.79 Å². The van der Waals surface area contributed by atoms with Crippen molar-refractivity contribution >= 4 is 11.6 Å². The lowest BCUT2D eigenvalue weighted by molar-refractivity contribution is -0.120. The number of anilines is 1. The van der Waals surface area contributed by atoms with Crippen LogP contribution in [0.5, 0.6) is 5.75 Å². The summed E-state index contributed by atoms with van der Waals surface area (Å²) in [6, 6.07) is 5.22. The van der Waals surface area contributed by atoms with Crippen molar-refractivity contribution in [3.05, 3.63) is 24.5 Å². The molecule has 0 radical (unpaired) electrons. The molecule has 1 N–H and O–H groups in total. The highest BCUT2D eigenvalue weighted by molar-refractivity contribution is 5.93. The van der Waals surface area contributed by atoms with E-state index >= 15 is 0 Å². The van der Waals surface area contributed by atoms with Crippen molar-refractivity contribution in [1.82, 2.24) is 20.2 Å². The predicted octanol–water partition coefficient (Wildman–Crippen LogP) is 0.646. The van der Waals surface area contributed by atoms with Crippen LogP contribution in [0.2, 0.25) is 0 Å².